The van der Waals surface area contributed by atoms with Crippen LogP contribution in [-0.4, -0.2) is 73.4 Å². The lowest BCUT2D eigenvalue weighted by Gasteiger charge is -2.34. The molecule has 5 aromatic rings. The fourth-order valence-electron chi connectivity index (χ4n) is 4.75. The van der Waals surface area contributed by atoms with Gasteiger partial charge in [-0.3, -0.25) is 4.68 Å². The molecular formula is C30H27F3N8O4. The van der Waals surface area contributed by atoms with Crippen LogP contribution in [0.15, 0.2) is 77.4 Å². The molecule has 1 amide bonds. The van der Waals surface area contributed by atoms with E-state index in [-0.39, 0.29) is 36.0 Å². The molecule has 12 nitrogen and oxygen atoms in total. The van der Waals surface area contributed by atoms with Gasteiger partial charge in [0, 0.05) is 51.4 Å². The summed E-state index contributed by atoms with van der Waals surface area (Å²) in [5, 5.41) is 8.31. The molecule has 232 valence electrons. The van der Waals surface area contributed by atoms with E-state index < -0.39 is 6.36 Å². The van der Waals surface area contributed by atoms with E-state index >= 15 is 0 Å². The Morgan fingerprint density at radius 2 is 1.69 bits per heavy atom. The van der Waals surface area contributed by atoms with Crippen LogP contribution in [0.25, 0.3) is 23.1 Å². The average Bonchev–Trinajstić information content (AvgIpc) is 3.67. The monoisotopic (exact) mass is 620 g/mol. The van der Waals surface area contributed by atoms with Crippen LogP contribution >= 0.6 is 0 Å². The van der Waals surface area contributed by atoms with Crippen LogP contribution in [-0.2, 0) is 24.8 Å². The largest absolute Gasteiger partial charge is 0.573 e. The number of rotatable bonds is 8. The summed E-state index contributed by atoms with van der Waals surface area (Å²) < 4.78 is 53.6. The molecular weight excluding hydrogens is 593 g/mol. The van der Waals surface area contributed by atoms with Gasteiger partial charge in [-0.2, -0.15) is 4.98 Å². The maximum absolute atomic E-state index is 12.5. The number of hydrogen-bond acceptors (Lipinski definition) is 10. The second-order valence-corrected chi connectivity index (χ2v) is 10.2. The second-order valence-electron chi connectivity index (χ2n) is 10.2. The molecule has 0 spiro atoms. The number of nitrogens with zero attached hydrogens (tertiary/aromatic N) is 8. The van der Waals surface area contributed by atoms with Gasteiger partial charge in [0.15, 0.2) is 0 Å². The topological polar surface area (TPSA) is 125 Å². The Bertz CT molecular complexity index is 1750. The number of halogens is 3. The summed E-state index contributed by atoms with van der Waals surface area (Å²) in [4.78, 5) is 29.8. The zero-order valence-corrected chi connectivity index (χ0v) is 24.0. The Labute approximate surface area is 255 Å². The van der Waals surface area contributed by atoms with Crippen molar-refractivity contribution in [3.05, 3.63) is 89.9 Å². The molecule has 1 saturated heterocycles. The van der Waals surface area contributed by atoms with Crippen molar-refractivity contribution in [2.75, 3.05) is 31.1 Å². The van der Waals surface area contributed by atoms with Gasteiger partial charge >= 0.3 is 12.5 Å². The normalized spacial score (nSPS) is 13.6. The van der Waals surface area contributed by atoms with Gasteiger partial charge in [-0.05, 0) is 47.5 Å². The Morgan fingerprint density at radius 3 is 2.42 bits per heavy atom. The van der Waals surface area contributed by atoms with Gasteiger partial charge in [-0.25, -0.2) is 14.8 Å². The smallest absolute Gasteiger partial charge is 0.445 e. The van der Waals surface area contributed by atoms with Gasteiger partial charge < -0.3 is 23.8 Å². The van der Waals surface area contributed by atoms with Crippen LogP contribution in [0.2, 0.25) is 0 Å². The first kappa shape index (κ1) is 29.6. The number of anilines is 1. The van der Waals surface area contributed by atoms with Crippen molar-refractivity contribution in [2.45, 2.75) is 19.4 Å². The lowest BCUT2D eigenvalue weighted by Crippen LogP contribution is -2.49. The van der Waals surface area contributed by atoms with E-state index in [2.05, 4.69) is 34.8 Å². The van der Waals surface area contributed by atoms with Gasteiger partial charge in [0.25, 0.3) is 5.89 Å². The molecule has 6 rings (SSSR count). The van der Waals surface area contributed by atoms with E-state index in [1.807, 2.05) is 42.5 Å². The summed E-state index contributed by atoms with van der Waals surface area (Å²) in [5.74, 6) is 1.53. The summed E-state index contributed by atoms with van der Waals surface area (Å²) in [6.07, 6.45) is -2.93. The first-order chi connectivity index (χ1) is 21.7. The predicted octanol–water partition coefficient (Wildman–Crippen LogP) is 4.88. The molecule has 0 N–H and O–H groups in total. The third-order valence-electron chi connectivity index (χ3n) is 7.06. The van der Waals surface area contributed by atoms with E-state index in [0.29, 0.717) is 44.0 Å². The fourth-order valence-corrected chi connectivity index (χ4v) is 4.75. The number of aryl methyl sites for hydroxylation is 1. The number of amides is 1. The van der Waals surface area contributed by atoms with E-state index in [1.165, 1.54) is 24.3 Å². The van der Waals surface area contributed by atoms with Crippen molar-refractivity contribution < 1.29 is 32.0 Å². The highest BCUT2D eigenvalue weighted by molar-refractivity contribution is 5.68. The highest BCUT2D eigenvalue weighted by atomic mass is 19.4. The fraction of sp³-hybridized carbons (Fsp3) is 0.267. The third kappa shape index (κ3) is 7.37. The zero-order chi connectivity index (χ0) is 31.4. The molecule has 15 heteroatoms. The van der Waals surface area contributed by atoms with Crippen LogP contribution in [0.1, 0.15) is 17.0 Å². The maximum atomic E-state index is 12.5. The number of benzene rings is 2. The van der Waals surface area contributed by atoms with Gasteiger partial charge in [-0.15, -0.1) is 18.3 Å². The number of carbonyl (C=O) groups excluding carboxylic acids is 1. The van der Waals surface area contributed by atoms with Gasteiger partial charge in [0.05, 0.1) is 0 Å². The molecule has 0 bridgehead atoms. The van der Waals surface area contributed by atoms with E-state index in [9.17, 15) is 18.0 Å². The highest BCUT2D eigenvalue weighted by Gasteiger charge is 2.31. The summed E-state index contributed by atoms with van der Waals surface area (Å²) in [6.45, 7) is 2.50. The molecule has 0 radical (unpaired) electrons. The number of hydrogen-bond donors (Lipinski definition) is 0. The predicted molar refractivity (Wildman–Crippen MR) is 154 cm³/mol. The molecule has 0 unspecified atom stereocenters. The first-order valence-corrected chi connectivity index (χ1v) is 14.0. The number of piperazine rings is 1. The van der Waals surface area contributed by atoms with Crippen LogP contribution < -0.4 is 9.64 Å². The number of aromatic nitrogens is 6. The standard InChI is InChI=1S/C30H27F3N8O4/c1-39-25(35-27(37-39)28-36-26(38-45-28)22-7-9-23(10-8-22)44-30(31,32)33)18-21-11-12-34-24(17-21)40-13-15-41(16-14-40)29(42)43-19-20-5-3-2-4-6-20/h2-12,17H,13-16,18-19H2,1H3. The van der Waals surface area contributed by atoms with Crippen LogP contribution in [0.3, 0.4) is 0 Å². The number of alkyl halides is 3. The van der Waals surface area contributed by atoms with E-state index in [4.69, 9.17) is 9.26 Å². The van der Waals surface area contributed by atoms with E-state index in [1.54, 1.807) is 22.8 Å². The Morgan fingerprint density at radius 1 is 0.933 bits per heavy atom. The quantitative estimate of drug-likeness (QED) is 0.237. The summed E-state index contributed by atoms with van der Waals surface area (Å²) in [6, 6.07) is 18.6. The molecule has 4 heterocycles. The summed E-state index contributed by atoms with van der Waals surface area (Å²) >= 11 is 0. The Hall–Kier alpha value is -5.47. The second kappa shape index (κ2) is 12.6. The van der Waals surface area contributed by atoms with Crippen molar-refractivity contribution in [1.29, 1.82) is 0 Å². The first-order valence-electron chi connectivity index (χ1n) is 14.0. The van der Waals surface area contributed by atoms with Crippen molar-refractivity contribution in [3.8, 4) is 28.9 Å². The lowest BCUT2D eigenvalue weighted by atomic mass is 10.1. The van der Waals surface area contributed by atoms with Gasteiger partial charge in [0.2, 0.25) is 11.6 Å². The van der Waals surface area contributed by atoms with Crippen LogP contribution in [0.4, 0.5) is 23.8 Å². The number of ether oxygens (including phenoxy) is 2. The molecule has 1 aliphatic heterocycles. The molecule has 2 aromatic carbocycles. The molecule has 0 aliphatic carbocycles. The highest BCUT2D eigenvalue weighted by Crippen LogP contribution is 2.27. The van der Waals surface area contributed by atoms with Gasteiger partial charge in [-0.1, -0.05) is 35.5 Å². The Kier molecular flexibility index (Phi) is 8.31. The Balaban J connectivity index is 1.06. The molecule has 1 aliphatic rings. The minimum absolute atomic E-state index is 0.0676. The van der Waals surface area contributed by atoms with Gasteiger partial charge in [0.1, 0.15) is 24.0 Å². The molecule has 3 aromatic heterocycles. The maximum Gasteiger partial charge on any atom is 0.573 e. The SMILES string of the molecule is Cn1nc(-c2nc(-c3ccc(OC(F)(F)F)cc3)no2)nc1Cc1ccnc(N2CCN(C(=O)OCc3ccccc3)CC2)c1. The molecule has 1 fully saturated rings. The third-order valence-corrected chi connectivity index (χ3v) is 7.06. The number of pyridine rings is 1. The minimum atomic E-state index is -4.78. The summed E-state index contributed by atoms with van der Waals surface area (Å²) in [7, 11) is 1.75. The molecule has 0 atom stereocenters. The van der Waals surface area contributed by atoms with Crippen molar-refractivity contribution in [1.82, 2.24) is 34.8 Å². The lowest BCUT2D eigenvalue weighted by molar-refractivity contribution is -0.274. The minimum Gasteiger partial charge on any atom is -0.445 e. The molecule has 45 heavy (non-hydrogen) atoms. The van der Waals surface area contributed by atoms with Crippen molar-refractivity contribution in [3.63, 3.8) is 0 Å². The molecule has 0 saturated carbocycles. The summed E-state index contributed by atoms with van der Waals surface area (Å²) in [5.41, 5.74) is 2.33. The van der Waals surface area contributed by atoms with E-state index in [0.717, 1.165) is 16.9 Å². The van der Waals surface area contributed by atoms with Crippen molar-refractivity contribution >= 4 is 11.9 Å². The zero-order valence-electron chi connectivity index (χ0n) is 24.0. The number of carbonyl (C=O) groups is 1. The van der Waals surface area contributed by atoms with Crippen molar-refractivity contribution in [2.24, 2.45) is 7.05 Å². The van der Waals surface area contributed by atoms with Crippen LogP contribution in [0.5, 0.6) is 5.75 Å². The average molecular weight is 621 g/mol. The van der Waals surface area contributed by atoms with Crippen LogP contribution in [0, 0.1) is 0 Å².